The standard InChI is InChI=1S/C16H19N3O2S.ClH/c1-11-14(17-7-8-21-11)15(20)18-9-13-10-22-16(19-13)12-5-3-2-4-6-12;/h2-6,10-11,14,17H,7-9H2,1H3,(H,18,20);1H/t11-,14+;/m1./s1. The topological polar surface area (TPSA) is 63.2 Å². The van der Waals surface area contributed by atoms with Crippen molar-refractivity contribution in [1.82, 2.24) is 15.6 Å². The van der Waals surface area contributed by atoms with Gasteiger partial charge >= 0.3 is 0 Å². The summed E-state index contributed by atoms with van der Waals surface area (Å²) in [5.41, 5.74) is 1.97. The number of carbonyl (C=O) groups is 1. The summed E-state index contributed by atoms with van der Waals surface area (Å²) in [5.74, 6) is -0.0403. The average molecular weight is 354 g/mol. The van der Waals surface area contributed by atoms with Crippen molar-refractivity contribution in [3.05, 3.63) is 41.4 Å². The largest absolute Gasteiger partial charge is 0.375 e. The van der Waals surface area contributed by atoms with Gasteiger partial charge in [-0.15, -0.1) is 23.7 Å². The first kappa shape index (κ1) is 17.9. The third-order valence-corrected chi connectivity index (χ3v) is 4.56. The average Bonchev–Trinajstić information content (AvgIpc) is 3.03. The molecule has 124 valence electrons. The maximum atomic E-state index is 12.2. The molecule has 0 spiro atoms. The lowest BCUT2D eigenvalue weighted by atomic mass is 10.1. The number of nitrogens with one attached hydrogen (secondary N) is 2. The van der Waals surface area contributed by atoms with Gasteiger partial charge in [-0.3, -0.25) is 4.79 Å². The highest BCUT2D eigenvalue weighted by Crippen LogP contribution is 2.23. The van der Waals surface area contributed by atoms with E-state index in [1.807, 2.05) is 42.6 Å². The SMILES string of the molecule is C[C@H]1OCCN[C@@H]1C(=O)NCc1csc(-c2ccccc2)n1.Cl. The molecule has 0 bridgehead atoms. The Hall–Kier alpha value is -1.47. The second-order valence-electron chi connectivity index (χ2n) is 5.24. The lowest BCUT2D eigenvalue weighted by molar-refractivity contribution is -0.129. The van der Waals surface area contributed by atoms with Gasteiger partial charge in [-0.05, 0) is 6.92 Å². The summed E-state index contributed by atoms with van der Waals surface area (Å²) in [4.78, 5) is 16.7. The number of hydrogen-bond donors (Lipinski definition) is 2. The minimum atomic E-state index is -0.291. The molecule has 23 heavy (non-hydrogen) atoms. The van der Waals surface area contributed by atoms with Crippen LogP contribution in [0.5, 0.6) is 0 Å². The number of nitrogens with zero attached hydrogens (tertiary/aromatic N) is 1. The zero-order valence-corrected chi connectivity index (χ0v) is 14.5. The van der Waals surface area contributed by atoms with Crippen LogP contribution in [-0.2, 0) is 16.1 Å². The number of ether oxygens (including phenoxy) is 1. The smallest absolute Gasteiger partial charge is 0.240 e. The molecule has 1 aliphatic rings. The number of benzene rings is 1. The van der Waals surface area contributed by atoms with E-state index in [1.165, 1.54) is 0 Å². The normalized spacial score (nSPS) is 20.6. The molecule has 2 atom stereocenters. The number of thiazole rings is 1. The molecule has 1 amide bonds. The molecule has 2 N–H and O–H groups in total. The van der Waals surface area contributed by atoms with Crippen molar-refractivity contribution in [1.29, 1.82) is 0 Å². The number of amides is 1. The first-order chi connectivity index (χ1) is 10.7. The fourth-order valence-corrected chi connectivity index (χ4v) is 3.24. The Morgan fingerprint density at radius 3 is 2.96 bits per heavy atom. The molecule has 1 saturated heterocycles. The Kier molecular flexibility index (Phi) is 6.53. The van der Waals surface area contributed by atoms with Gasteiger partial charge in [0.05, 0.1) is 24.9 Å². The number of halogens is 1. The van der Waals surface area contributed by atoms with Gasteiger partial charge in [0, 0.05) is 17.5 Å². The predicted octanol–water partition coefficient (Wildman–Crippen LogP) is 2.23. The Labute approximate surface area is 145 Å². The molecule has 1 aliphatic heterocycles. The second-order valence-corrected chi connectivity index (χ2v) is 6.09. The van der Waals surface area contributed by atoms with E-state index in [0.29, 0.717) is 19.7 Å². The van der Waals surface area contributed by atoms with Crippen LogP contribution >= 0.6 is 23.7 Å². The molecule has 7 heteroatoms. The van der Waals surface area contributed by atoms with Gasteiger partial charge in [0.15, 0.2) is 0 Å². The first-order valence-electron chi connectivity index (χ1n) is 7.36. The first-order valence-corrected chi connectivity index (χ1v) is 8.24. The van der Waals surface area contributed by atoms with E-state index in [0.717, 1.165) is 16.3 Å². The van der Waals surface area contributed by atoms with Crippen LogP contribution in [0.3, 0.4) is 0 Å². The van der Waals surface area contributed by atoms with Gasteiger partial charge in [0.25, 0.3) is 0 Å². The molecule has 0 unspecified atom stereocenters. The lowest BCUT2D eigenvalue weighted by Gasteiger charge is -2.29. The van der Waals surface area contributed by atoms with E-state index in [4.69, 9.17) is 4.74 Å². The molecule has 3 rings (SSSR count). The number of hydrogen-bond acceptors (Lipinski definition) is 5. The number of aromatic nitrogens is 1. The van der Waals surface area contributed by atoms with E-state index in [2.05, 4.69) is 15.6 Å². The molecule has 2 aromatic rings. The fourth-order valence-electron chi connectivity index (χ4n) is 2.42. The second kappa shape index (κ2) is 8.40. The van der Waals surface area contributed by atoms with Gasteiger partial charge in [-0.1, -0.05) is 30.3 Å². The maximum absolute atomic E-state index is 12.2. The zero-order valence-electron chi connectivity index (χ0n) is 12.8. The molecule has 0 radical (unpaired) electrons. The molecule has 1 aromatic carbocycles. The third kappa shape index (κ3) is 4.51. The highest BCUT2D eigenvalue weighted by molar-refractivity contribution is 7.13. The summed E-state index contributed by atoms with van der Waals surface area (Å²) in [7, 11) is 0. The molecule has 1 fully saturated rings. The Balaban J connectivity index is 0.00000192. The third-order valence-electron chi connectivity index (χ3n) is 3.62. The van der Waals surface area contributed by atoms with Crippen LogP contribution < -0.4 is 10.6 Å². The van der Waals surface area contributed by atoms with E-state index in [1.54, 1.807) is 11.3 Å². The van der Waals surface area contributed by atoms with Gasteiger partial charge in [0.2, 0.25) is 5.91 Å². The maximum Gasteiger partial charge on any atom is 0.240 e. The number of carbonyl (C=O) groups excluding carboxylic acids is 1. The molecule has 2 heterocycles. The molecule has 0 aliphatic carbocycles. The minimum absolute atomic E-state index is 0. The highest BCUT2D eigenvalue weighted by Gasteiger charge is 2.28. The van der Waals surface area contributed by atoms with Crippen molar-refractivity contribution in [2.75, 3.05) is 13.2 Å². The summed E-state index contributed by atoms with van der Waals surface area (Å²) < 4.78 is 5.49. The van der Waals surface area contributed by atoms with Crippen LogP contribution in [0.4, 0.5) is 0 Å². The van der Waals surface area contributed by atoms with Crippen molar-refractivity contribution >= 4 is 29.7 Å². The van der Waals surface area contributed by atoms with E-state index in [-0.39, 0.29) is 30.5 Å². The Morgan fingerprint density at radius 2 is 2.22 bits per heavy atom. The monoisotopic (exact) mass is 353 g/mol. The zero-order chi connectivity index (χ0) is 15.4. The van der Waals surface area contributed by atoms with Crippen molar-refractivity contribution in [3.8, 4) is 10.6 Å². The van der Waals surface area contributed by atoms with Crippen LogP contribution in [-0.4, -0.2) is 36.2 Å². The van der Waals surface area contributed by atoms with E-state index < -0.39 is 0 Å². The Bertz CT molecular complexity index is 635. The van der Waals surface area contributed by atoms with E-state index in [9.17, 15) is 4.79 Å². The highest BCUT2D eigenvalue weighted by atomic mass is 35.5. The van der Waals surface area contributed by atoms with Crippen LogP contribution in [0.15, 0.2) is 35.7 Å². The van der Waals surface area contributed by atoms with Crippen LogP contribution in [0, 0.1) is 0 Å². The fraction of sp³-hybridized carbons (Fsp3) is 0.375. The van der Waals surface area contributed by atoms with E-state index >= 15 is 0 Å². The lowest BCUT2D eigenvalue weighted by Crippen LogP contribution is -2.55. The molecule has 0 saturated carbocycles. The van der Waals surface area contributed by atoms with Gasteiger partial charge < -0.3 is 15.4 Å². The molecule has 1 aromatic heterocycles. The van der Waals surface area contributed by atoms with Gasteiger partial charge in [-0.25, -0.2) is 4.98 Å². The van der Waals surface area contributed by atoms with Crippen LogP contribution in [0.1, 0.15) is 12.6 Å². The quantitative estimate of drug-likeness (QED) is 0.884. The van der Waals surface area contributed by atoms with Crippen LogP contribution in [0.25, 0.3) is 10.6 Å². The summed E-state index contributed by atoms with van der Waals surface area (Å²) in [6, 6.07) is 9.75. The van der Waals surface area contributed by atoms with Crippen molar-refractivity contribution in [3.63, 3.8) is 0 Å². The molecule has 5 nitrogen and oxygen atoms in total. The number of rotatable bonds is 4. The molecular weight excluding hydrogens is 334 g/mol. The van der Waals surface area contributed by atoms with Crippen molar-refractivity contribution < 1.29 is 9.53 Å². The van der Waals surface area contributed by atoms with Crippen molar-refractivity contribution in [2.24, 2.45) is 0 Å². The van der Waals surface area contributed by atoms with Gasteiger partial charge in [0.1, 0.15) is 11.0 Å². The summed E-state index contributed by atoms with van der Waals surface area (Å²) >= 11 is 1.59. The number of morpholine rings is 1. The van der Waals surface area contributed by atoms with Gasteiger partial charge in [-0.2, -0.15) is 0 Å². The summed E-state index contributed by atoms with van der Waals surface area (Å²) in [5, 5.41) is 9.06. The minimum Gasteiger partial charge on any atom is -0.375 e. The summed E-state index contributed by atoms with van der Waals surface area (Å²) in [6.45, 7) is 3.70. The summed E-state index contributed by atoms with van der Waals surface area (Å²) in [6.07, 6.45) is -0.107. The Morgan fingerprint density at radius 1 is 1.43 bits per heavy atom. The molecular formula is C16H20ClN3O2S. The van der Waals surface area contributed by atoms with Crippen LogP contribution in [0.2, 0.25) is 0 Å². The predicted molar refractivity (Wildman–Crippen MR) is 93.8 cm³/mol. The van der Waals surface area contributed by atoms with Crippen molar-refractivity contribution in [2.45, 2.75) is 25.6 Å².